The molecule has 25 heavy (non-hydrogen) atoms. The lowest BCUT2D eigenvalue weighted by Crippen LogP contribution is -2.32. The molecule has 1 atom stereocenters. The van der Waals surface area contributed by atoms with Gasteiger partial charge in [0.05, 0.1) is 12.1 Å². The van der Waals surface area contributed by atoms with Crippen molar-refractivity contribution in [1.29, 1.82) is 0 Å². The molecule has 0 bridgehead atoms. The first kappa shape index (κ1) is 17.0. The lowest BCUT2D eigenvalue weighted by Gasteiger charge is -2.20. The number of likely N-dealkylation sites (tertiary alicyclic amines) is 1. The Bertz CT molecular complexity index is 831. The Hall–Kier alpha value is -2.83. The second kappa shape index (κ2) is 6.96. The topological polar surface area (TPSA) is 67.7 Å². The first-order valence-electron chi connectivity index (χ1n) is 8.20. The van der Waals surface area contributed by atoms with Gasteiger partial charge in [0.2, 0.25) is 5.56 Å². The van der Waals surface area contributed by atoms with Gasteiger partial charge in [0, 0.05) is 52.6 Å². The lowest BCUT2D eigenvalue weighted by molar-refractivity contribution is 0.0771. The molecule has 1 amide bonds. The first-order chi connectivity index (χ1) is 12.0. The minimum atomic E-state index is -0.132. The van der Waals surface area contributed by atoms with Gasteiger partial charge in [-0.3, -0.25) is 9.59 Å². The minimum absolute atomic E-state index is 0.0700. The maximum atomic E-state index is 12.6. The van der Waals surface area contributed by atoms with Crippen molar-refractivity contribution < 1.29 is 9.53 Å². The van der Waals surface area contributed by atoms with Crippen molar-refractivity contribution in [1.82, 2.24) is 14.5 Å². The van der Waals surface area contributed by atoms with Gasteiger partial charge < -0.3 is 19.1 Å². The van der Waals surface area contributed by atoms with Crippen LogP contribution in [0.4, 0.5) is 5.82 Å². The normalized spacial score (nSPS) is 16.8. The lowest BCUT2D eigenvalue weighted by atomic mass is 10.2. The molecule has 0 N–H and O–H groups in total. The van der Waals surface area contributed by atoms with Crippen LogP contribution in [0.1, 0.15) is 16.8 Å². The number of ether oxygens (including phenoxy) is 1. The van der Waals surface area contributed by atoms with Gasteiger partial charge >= 0.3 is 0 Å². The van der Waals surface area contributed by atoms with E-state index in [0.29, 0.717) is 24.4 Å². The molecule has 0 radical (unpaired) electrons. The number of aromatic nitrogens is 2. The Labute approximate surface area is 146 Å². The summed E-state index contributed by atoms with van der Waals surface area (Å²) in [6, 6.07) is 6.71. The molecule has 0 spiro atoms. The number of nitrogens with zero attached hydrogens (tertiary/aromatic N) is 4. The van der Waals surface area contributed by atoms with Crippen LogP contribution in [0, 0.1) is 0 Å². The van der Waals surface area contributed by atoms with E-state index in [0.717, 1.165) is 12.2 Å². The Morgan fingerprint density at radius 3 is 2.84 bits per heavy atom. The third kappa shape index (κ3) is 3.65. The van der Waals surface area contributed by atoms with E-state index in [4.69, 9.17) is 4.74 Å². The van der Waals surface area contributed by atoms with Crippen LogP contribution in [-0.4, -0.2) is 53.6 Å². The average Bonchev–Trinajstić information content (AvgIpc) is 3.05. The largest absolute Gasteiger partial charge is 0.485 e. The summed E-state index contributed by atoms with van der Waals surface area (Å²) in [7, 11) is 5.47. The molecule has 0 unspecified atom stereocenters. The molecule has 1 saturated heterocycles. The molecular weight excluding hydrogens is 320 g/mol. The summed E-state index contributed by atoms with van der Waals surface area (Å²) in [6.45, 7) is 1.15. The molecule has 0 saturated carbocycles. The van der Waals surface area contributed by atoms with E-state index in [2.05, 4.69) is 4.98 Å². The van der Waals surface area contributed by atoms with Gasteiger partial charge in [-0.15, -0.1) is 0 Å². The van der Waals surface area contributed by atoms with E-state index in [1.807, 2.05) is 31.1 Å². The van der Waals surface area contributed by atoms with Gasteiger partial charge in [-0.25, -0.2) is 4.98 Å². The highest BCUT2D eigenvalue weighted by molar-refractivity contribution is 5.94. The third-order valence-corrected chi connectivity index (χ3v) is 4.23. The van der Waals surface area contributed by atoms with Crippen LogP contribution in [0.25, 0.3) is 0 Å². The molecule has 2 aromatic heterocycles. The standard InChI is InChI=1S/C18H22N4O3/c1-20(2)17-15(5-4-9-19-17)25-14-8-10-22(12-14)18(24)13-6-7-16(23)21(3)11-13/h4-7,9,11,14H,8,10,12H2,1-3H3/t14-/m0/s1. The molecule has 7 nitrogen and oxygen atoms in total. The number of hydrogen-bond donors (Lipinski definition) is 0. The highest BCUT2D eigenvalue weighted by Gasteiger charge is 2.29. The van der Waals surface area contributed by atoms with Crippen LogP contribution in [0.5, 0.6) is 5.75 Å². The minimum Gasteiger partial charge on any atom is -0.485 e. The molecule has 0 aromatic carbocycles. The number of anilines is 1. The van der Waals surface area contributed by atoms with Crippen molar-refractivity contribution in [3.63, 3.8) is 0 Å². The maximum Gasteiger partial charge on any atom is 0.255 e. The van der Waals surface area contributed by atoms with E-state index >= 15 is 0 Å². The van der Waals surface area contributed by atoms with Crippen LogP contribution in [0.3, 0.4) is 0 Å². The van der Waals surface area contributed by atoms with E-state index < -0.39 is 0 Å². The highest BCUT2D eigenvalue weighted by atomic mass is 16.5. The Morgan fingerprint density at radius 1 is 1.32 bits per heavy atom. The fourth-order valence-corrected chi connectivity index (χ4v) is 2.90. The van der Waals surface area contributed by atoms with Crippen molar-refractivity contribution in [3.05, 3.63) is 52.6 Å². The Kier molecular flexibility index (Phi) is 4.74. The van der Waals surface area contributed by atoms with E-state index in [-0.39, 0.29) is 17.6 Å². The van der Waals surface area contributed by atoms with Gasteiger partial charge in [0.15, 0.2) is 11.6 Å². The van der Waals surface area contributed by atoms with Gasteiger partial charge in [-0.1, -0.05) is 0 Å². The van der Waals surface area contributed by atoms with Crippen molar-refractivity contribution in [3.8, 4) is 5.75 Å². The maximum absolute atomic E-state index is 12.6. The summed E-state index contributed by atoms with van der Waals surface area (Å²) in [5.74, 6) is 1.40. The zero-order valence-electron chi connectivity index (χ0n) is 14.7. The predicted molar refractivity (Wildman–Crippen MR) is 95.2 cm³/mol. The predicted octanol–water partition coefficient (Wildman–Crippen LogP) is 1.14. The number of rotatable bonds is 4. The highest BCUT2D eigenvalue weighted by Crippen LogP contribution is 2.27. The van der Waals surface area contributed by atoms with Crippen LogP contribution in [-0.2, 0) is 7.05 Å². The number of amides is 1. The van der Waals surface area contributed by atoms with Crippen LogP contribution in [0.15, 0.2) is 41.5 Å². The molecule has 1 fully saturated rings. The van der Waals surface area contributed by atoms with Crippen molar-refractivity contribution in [2.45, 2.75) is 12.5 Å². The van der Waals surface area contributed by atoms with Crippen LogP contribution >= 0.6 is 0 Å². The van der Waals surface area contributed by atoms with Gasteiger partial charge in [0.1, 0.15) is 6.10 Å². The number of hydrogen-bond acceptors (Lipinski definition) is 5. The molecular formula is C18H22N4O3. The second-order valence-electron chi connectivity index (χ2n) is 6.37. The molecule has 2 aromatic rings. The summed E-state index contributed by atoms with van der Waals surface area (Å²) in [4.78, 5) is 32.1. The van der Waals surface area contributed by atoms with E-state index in [1.54, 1.807) is 30.4 Å². The Balaban J connectivity index is 1.68. The van der Waals surface area contributed by atoms with Gasteiger partial charge in [-0.05, 0) is 18.2 Å². The van der Waals surface area contributed by atoms with E-state index in [1.165, 1.54) is 10.6 Å². The molecule has 132 valence electrons. The van der Waals surface area contributed by atoms with Crippen molar-refractivity contribution in [2.24, 2.45) is 7.05 Å². The molecule has 0 aliphatic carbocycles. The summed E-state index contributed by atoms with van der Waals surface area (Å²) >= 11 is 0. The SMILES string of the molecule is CN(C)c1ncccc1O[C@H]1CCN(C(=O)c2ccc(=O)n(C)c2)C1. The molecule has 3 heterocycles. The number of carbonyl (C=O) groups excluding carboxylic acids is 1. The van der Waals surface area contributed by atoms with Crippen LogP contribution < -0.4 is 15.2 Å². The van der Waals surface area contributed by atoms with Crippen molar-refractivity contribution >= 4 is 11.7 Å². The zero-order valence-corrected chi connectivity index (χ0v) is 14.7. The monoisotopic (exact) mass is 342 g/mol. The molecule has 1 aliphatic heterocycles. The van der Waals surface area contributed by atoms with Gasteiger partial charge in [0.25, 0.3) is 5.91 Å². The summed E-state index contributed by atoms with van der Waals surface area (Å²) in [6.07, 6.45) is 4.00. The summed E-state index contributed by atoms with van der Waals surface area (Å²) in [5.41, 5.74) is 0.380. The number of pyridine rings is 2. The fraction of sp³-hybridized carbons (Fsp3) is 0.389. The quantitative estimate of drug-likeness (QED) is 0.833. The fourth-order valence-electron chi connectivity index (χ4n) is 2.90. The Morgan fingerprint density at radius 2 is 2.12 bits per heavy atom. The van der Waals surface area contributed by atoms with Crippen LogP contribution in [0.2, 0.25) is 0 Å². The van der Waals surface area contributed by atoms with Gasteiger partial charge in [-0.2, -0.15) is 0 Å². The second-order valence-corrected chi connectivity index (χ2v) is 6.37. The number of aryl methyl sites for hydroxylation is 1. The summed E-state index contributed by atoms with van der Waals surface area (Å²) < 4.78 is 7.49. The molecule has 3 rings (SSSR count). The summed E-state index contributed by atoms with van der Waals surface area (Å²) in [5, 5.41) is 0. The smallest absolute Gasteiger partial charge is 0.255 e. The number of carbonyl (C=O) groups is 1. The van der Waals surface area contributed by atoms with E-state index in [9.17, 15) is 9.59 Å². The average molecular weight is 342 g/mol. The zero-order chi connectivity index (χ0) is 18.0. The van der Waals surface area contributed by atoms with Crippen molar-refractivity contribution in [2.75, 3.05) is 32.1 Å². The molecule has 7 heteroatoms. The first-order valence-corrected chi connectivity index (χ1v) is 8.20. The molecule has 1 aliphatic rings. The third-order valence-electron chi connectivity index (χ3n) is 4.23.